The zero-order chi connectivity index (χ0) is 16.4. The molecular formula is C14H27NO2S3Si. The fourth-order valence-corrected chi connectivity index (χ4v) is 6.04. The number of amides is 1. The van der Waals surface area contributed by atoms with Crippen LogP contribution in [0.15, 0.2) is 0 Å². The predicted molar refractivity (Wildman–Crippen MR) is 101 cm³/mol. The number of thioether (sulfide) groups is 2. The molecule has 3 unspecified atom stereocenters. The summed E-state index contributed by atoms with van der Waals surface area (Å²) in [6.07, 6.45) is -0.0634. The molecule has 1 N–H and O–H groups in total. The minimum atomic E-state index is -1.85. The number of thiocarbonyl (C=S) groups is 1. The van der Waals surface area contributed by atoms with Gasteiger partial charge in [-0.25, -0.2) is 0 Å². The molecule has 3 nitrogen and oxygen atoms in total. The Morgan fingerprint density at radius 2 is 2.05 bits per heavy atom. The number of nitrogens with one attached hydrogen (secondary N) is 1. The number of β-lactam (4-membered cyclic amide) rings is 1. The van der Waals surface area contributed by atoms with E-state index in [1.165, 1.54) is 0 Å². The zero-order valence-corrected chi connectivity index (χ0v) is 17.4. The van der Waals surface area contributed by atoms with Crippen molar-refractivity contribution in [1.82, 2.24) is 5.32 Å². The number of carbonyl (C=O) groups is 1. The molecule has 21 heavy (non-hydrogen) atoms. The van der Waals surface area contributed by atoms with E-state index in [1.54, 1.807) is 23.5 Å². The molecule has 1 amide bonds. The van der Waals surface area contributed by atoms with Gasteiger partial charge in [0.2, 0.25) is 5.91 Å². The van der Waals surface area contributed by atoms with Crippen LogP contribution in [0.2, 0.25) is 18.1 Å². The van der Waals surface area contributed by atoms with E-state index in [9.17, 15) is 4.79 Å². The van der Waals surface area contributed by atoms with Crippen LogP contribution in [0.1, 0.15) is 34.6 Å². The van der Waals surface area contributed by atoms with Crippen LogP contribution in [0.25, 0.3) is 0 Å². The molecular weight excluding hydrogens is 338 g/mol. The SMILES string of the molecule is CCSC(=S)SC1NC(=O)C1C(C)O[Si](C)(C)C(C)(C)C. The molecule has 7 heteroatoms. The third-order valence-electron chi connectivity index (χ3n) is 4.19. The van der Waals surface area contributed by atoms with E-state index in [0.717, 1.165) is 9.28 Å². The topological polar surface area (TPSA) is 38.3 Å². The van der Waals surface area contributed by atoms with Crippen molar-refractivity contribution in [2.45, 2.75) is 64.2 Å². The van der Waals surface area contributed by atoms with Gasteiger partial charge in [0.1, 0.15) is 3.53 Å². The van der Waals surface area contributed by atoms with Crippen LogP contribution < -0.4 is 5.32 Å². The van der Waals surface area contributed by atoms with Crippen molar-refractivity contribution in [3.8, 4) is 0 Å². The van der Waals surface area contributed by atoms with E-state index in [2.05, 4.69) is 46.1 Å². The summed E-state index contributed by atoms with van der Waals surface area (Å²) in [5.41, 5.74) is 0. The van der Waals surface area contributed by atoms with Gasteiger partial charge in [0.05, 0.1) is 17.4 Å². The first-order valence-electron chi connectivity index (χ1n) is 7.31. The quantitative estimate of drug-likeness (QED) is 0.448. The smallest absolute Gasteiger partial charge is 0.229 e. The first-order chi connectivity index (χ1) is 9.49. The van der Waals surface area contributed by atoms with Crippen LogP contribution in [0.3, 0.4) is 0 Å². The minimum absolute atomic E-state index is 0.0591. The van der Waals surface area contributed by atoms with Gasteiger partial charge >= 0.3 is 0 Å². The highest BCUT2D eigenvalue weighted by molar-refractivity contribution is 8.47. The summed E-state index contributed by atoms with van der Waals surface area (Å²) in [4.78, 5) is 11.9. The van der Waals surface area contributed by atoms with Gasteiger partial charge in [-0.15, -0.1) is 11.8 Å². The minimum Gasteiger partial charge on any atom is -0.413 e. The van der Waals surface area contributed by atoms with Crippen LogP contribution in [0.4, 0.5) is 0 Å². The molecule has 1 rings (SSSR count). The predicted octanol–water partition coefficient (Wildman–Crippen LogP) is 4.24. The van der Waals surface area contributed by atoms with Crippen LogP contribution in [-0.4, -0.2) is 35.0 Å². The molecule has 0 aliphatic carbocycles. The Morgan fingerprint density at radius 1 is 1.48 bits per heavy atom. The summed E-state index contributed by atoms with van der Waals surface area (Å²) in [7, 11) is -1.85. The summed E-state index contributed by atoms with van der Waals surface area (Å²) in [5.74, 6) is 0.954. The standard InChI is InChI=1S/C14H27NO2S3Si/c1-8-19-13(18)20-12-10(11(16)15-12)9(2)17-21(6,7)14(3,4)5/h9-10,12H,8H2,1-7H3,(H,15,16). The summed E-state index contributed by atoms with van der Waals surface area (Å²) in [6.45, 7) is 15.2. The first-order valence-corrected chi connectivity index (χ1v) is 12.5. The molecule has 0 radical (unpaired) electrons. The Kier molecular flexibility index (Phi) is 6.81. The van der Waals surface area contributed by atoms with Crippen molar-refractivity contribution < 1.29 is 9.22 Å². The monoisotopic (exact) mass is 365 g/mol. The number of hydrogen-bond donors (Lipinski definition) is 1. The van der Waals surface area contributed by atoms with Crippen molar-refractivity contribution in [1.29, 1.82) is 0 Å². The maximum absolute atomic E-state index is 11.9. The molecule has 3 atom stereocenters. The lowest BCUT2D eigenvalue weighted by atomic mass is 9.96. The fourth-order valence-electron chi connectivity index (χ4n) is 1.90. The van der Waals surface area contributed by atoms with Gasteiger partial charge < -0.3 is 9.74 Å². The van der Waals surface area contributed by atoms with E-state index in [1.807, 2.05) is 6.92 Å². The van der Waals surface area contributed by atoms with Gasteiger partial charge in [-0.1, -0.05) is 51.7 Å². The second-order valence-corrected chi connectivity index (χ2v) is 15.2. The van der Waals surface area contributed by atoms with Gasteiger partial charge in [0.15, 0.2) is 8.32 Å². The zero-order valence-electron chi connectivity index (χ0n) is 14.0. The number of rotatable bonds is 5. The second-order valence-electron chi connectivity index (χ2n) is 6.84. The van der Waals surface area contributed by atoms with Crippen molar-refractivity contribution in [2.75, 3.05) is 5.75 Å². The van der Waals surface area contributed by atoms with E-state index in [4.69, 9.17) is 16.6 Å². The van der Waals surface area contributed by atoms with Gasteiger partial charge in [-0.3, -0.25) is 4.79 Å². The Labute approximate surface area is 143 Å². The molecule has 0 aromatic heterocycles. The molecule has 1 aliphatic heterocycles. The van der Waals surface area contributed by atoms with Crippen LogP contribution in [0, 0.1) is 5.92 Å². The van der Waals surface area contributed by atoms with E-state index >= 15 is 0 Å². The molecule has 0 saturated carbocycles. The van der Waals surface area contributed by atoms with Gasteiger partial charge in [0, 0.05) is 0 Å². The first kappa shape index (κ1) is 19.5. The molecule has 1 heterocycles. The Balaban J connectivity index is 2.65. The Morgan fingerprint density at radius 3 is 2.48 bits per heavy atom. The van der Waals surface area contributed by atoms with Crippen molar-refractivity contribution in [3.05, 3.63) is 0 Å². The summed E-state index contributed by atoms with van der Waals surface area (Å²) in [5, 5.41) is 3.16. The lowest BCUT2D eigenvalue weighted by Gasteiger charge is -2.45. The molecule has 1 fully saturated rings. The summed E-state index contributed by atoms with van der Waals surface area (Å²) < 4.78 is 7.26. The van der Waals surface area contributed by atoms with Crippen molar-refractivity contribution in [3.63, 3.8) is 0 Å². The van der Waals surface area contributed by atoms with E-state index < -0.39 is 8.32 Å². The van der Waals surface area contributed by atoms with Crippen LogP contribution >= 0.6 is 35.7 Å². The maximum Gasteiger partial charge on any atom is 0.229 e. The summed E-state index contributed by atoms with van der Waals surface area (Å²) >= 11 is 8.55. The molecule has 122 valence electrons. The maximum atomic E-state index is 11.9. The average Bonchev–Trinajstić information content (AvgIpc) is 2.25. The molecule has 0 spiro atoms. The van der Waals surface area contributed by atoms with Crippen LogP contribution in [-0.2, 0) is 9.22 Å². The van der Waals surface area contributed by atoms with Gasteiger partial charge in [-0.2, -0.15) is 0 Å². The third-order valence-corrected chi connectivity index (χ3v) is 11.4. The highest BCUT2D eigenvalue weighted by Crippen LogP contribution is 2.40. The van der Waals surface area contributed by atoms with E-state index in [-0.39, 0.29) is 28.3 Å². The number of hydrogen-bond acceptors (Lipinski definition) is 5. The highest BCUT2D eigenvalue weighted by atomic mass is 32.2. The average molecular weight is 366 g/mol. The van der Waals surface area contributed by atoms with Crippen molar-refractivity contribution in [2.24, 2.45) is 5.92 Å². The largest absolute Gasteiger partial charge is 0.413 e. The van der Waals surface area contributed by atoms with Crippen molar-refractivity contribution >= 4 is 53.5 Å². The molecule has 1 aliphatic rings. The fraction of sp³-hybridized carbons (Fsp3) is 0.857. The number of carbonyl (C=O) groups excluding carboxylic acids is 1. The molecule has 1 saturated heterocycles. The normalized spacial score (nSPS) is 24.2. The Bertz CT molecular complexity index is 410. The third kappa shape index (κ3) is 4.96. The summed E-state index contributed by atoms with van der Waals surface area (Å²) in [6, 6.07) is 0. The van der Waals surface area contributed by atoms with E-state index in [0.29, 0.717) is 0 Å². The Hall–Kier alpha value is 0.437. The lowest BCUT2D eigenvalue weighted by Crippen LogP contribution is -2.62. The van der Waals surface area contributed by atoms with Gasteiger partial charge in [-0.05, 0) is 30.8 Å². The molecule has 0 bridgehead atoms. The molecule has 0 aromatic carbocycles. The van der Waals surface area contributed by atoms with Gasteiger partial charge in [0.25, 0.3) is 0 Å². The van der Waals surface area contributed by atoms with Crippen LogP contribution in [0.5, 0.6) is 0 Å². The lowest BCUT2D eigenvalue weighted by molar-refractivity contribution is -0.136. The molecule has 0 aromatic rings. The highest BCUT2D eigenvalue weighted by Gasteiger charge is 2.48. The second kappa shape index (κ2) is 7.34.